The molecule has 0 bridgehead atoms. The molecule has 3 heteroatoms. The Kier molecular flexibility index (Phi) is 3.84. The first-order valence-electron chi connectivity index (χ1n) is 4.00. The van der Waals surface area contributed by atoms with Crippen LogP contribution in [0.3, 0.4) is 0 Å². The van der Waals surface area contributed by atoms with Crippen LogP contribution in [0.1, 0.15) is 19.0 Å². The third-order valence-corrected chi connectivity index (χ3v) is 1.24. The van der Waals surface area contributed by atoms with Crippen molar-refractivity contribution in [3.05, 3.63) is 30.1 Å². The summed E-state index contributed by atoms with van der Waals surface area (Å²) in [6.07, 6.45) is 4.30. The second kappa shape index (κ2) is 5.29. The zero-order chi connectivity index (χ0) is 8.65. The summed E-state index contributed by atoms with van der Waals surface area (Å²) in [7, 11) is 0. The highest BCUT2D eigenvalue weighted by atomic mass is 16.6. The number of pyridine rings is 1. The van der Waals surface area contributed by atoms with E-state index in [2.05, 4.69) is 10.1 Å². The minimum absolute atomic E-state index is 0.656. The number of aromatic nitrogens is 1. The van der Waals surface area contributed by atoms with E-state index in [1.165, 1.54) is 0 Å². The summed E-state index contributed by atoms with van der Waals surface area (Å²) in [5.41, 5.74) is 0.814. The second-order valence-corrected chi connectivity index (χ2v) is 2.32. The van der Waals surface area contributed by atoms with Crippen molar-refractivity contribution in [2.24, 2.45) is 5.16 Å². The summed E-state index contributed by atoms with van der Waals surface area (Å²) < 4.78 is 0. The Hall–Kier alpha value is -1.38. The molecular weight excluding hydrogens is 152 g/mol. The van der Waals surface area contributed by atoms with Gasteiger partial charge in [-0.1, -0.05) is 18.1 Å². The van der Waals surface area contributed by atoms with Crippen LogP contribution in [0.2, 0.25) is 0 Å². The van der Waals surface area contributed by atoms with Gasteiger partial charge >= 0.3 is 0 Å². The van der Waals surface area contributed by atoms with Crippen molar-refractivity contribution in [2.75, 3.05) is 6.61 Å². The first kappa shape index (κ1) is 8.71. The molecule has 12 heavy (non-hydrogen) atoms. The Balaban J connectivity index is 2.36. The fourth-order valence-corrected chi connectivity index (χ4v) is 0.688. The molecule has 1 heterocycles. The van der Waals surface area contributed by atoms with Crippen molar-refractivity contribution in [3.63, 3.8) is 0 Å². The van der Waals surface area contributed by atoms with Crippen LogP contribution in [0.15, 0.2) is 29.6 Å². The molecule has 0 aliphatic rings. The van der Waals surface area contributed by atoms with Gasteiger partial charge in [-0.15, -0.1) is 0 Å². The fourth-order valence-electron chi connectivity index (χ4n) is 0.688. The molecule has 1 aromatic rings. The maximum Gasteiger partial charge on any atom is 0.116 e. The van der Waals surface area contributed by atoms with Gasteiger partial charge in [-0.2, -0.15) is 0 Å². The molecule has 0 fully saturated rings. The summed E-state index contributed by atoms with van der Waals surface area (Å²) in [5.74, 6) is 0. The summed E-state index contributed by atoms with van der Waals surface area (Å²) in [6.45, 7) is 2.69. The molecule has 1 aromatic heterocycles. The molecule has 0 amide bonds. The van der Waals surface area contributed by atoms with Gasteiger partial charge < -0.3 is 4.84 Å². The summed E-state index contributed by atoms with van der Waals surface area (Å²) in [6, 6.07) is 5.65. The average Bonchev–Trinajstić information content (AvgIpc) is 2.14. The number of rotatable bonds is 4. The quantitative estimate of drug-likeness (QED) is 0.386. The van der Waals surface area contributed by atoms with E-state index in [0.717, 1.165) is 12.1 Å². The van der Waals surface area contributed by atoms with Crippen LogP contribution in [0.5, 0.6) is 0 Å². The monoisotopic (exact) mass is 164 g/mol. The molecule has 0 atom stereocenters. The van der Waals surface area contributed by atoms with Crippen LogP contribution in [-0.2, 0) is 4.84 Å². The molecule has 0 saturated heterocycles. The highest BCUT2D eigenvalue weighted by molar-refractivity contribution is 5.76. The predicted molar refractivity (Wildman–Crippen MR) is 48.1 cm³/mol. The summed E-state index contributed by atoms with van der Waals surface area (Å²) in [5, 5.41) is 3.74. The number of nitrogens with zero attached hydrogens (tertiary/aromatic N) is 2. The van der Waals surface area contributed by atoms with Gasteiger partial charge in [0, 0.05) is 6.20 Å². The molecule has 0 unspecified atom stereocenters. The molecule has 1 rings (SSSR count). The Labute approximate surface area is 72.1 Å². The van der Waals surface area contributed by atoms with Gasteiger partial charge in [0.15, 0.2) is 0 Å². The van der Waals surface area contributed by atoms with E-state index in [0.29, 0.717) is 6.61 Å². The summed E-state index contributed by atoms with van der Waals surface area (Å²) >= 11 is 0. The van der Waals surface area contributed by atoms with Gasteiger partial charge in [0.2, 0.25) is 0 Å². The maximum atomic E-state index is 4.92. The highest BCUT2D eigenvalue weighted by Gasteiger charge is 1.84. The number of hydrogen-bond acceptors (Lipinski definition) is 3. The largest absolute Gasteiger partial charge is 0.396 e. The molecular formula is C9H12N2O. The van der Waals surface area contributed by atoms with Crippen molar-refractivity contribution in [3.8, 4) is 0 Å². The predicted octanol–water partition coefficient (Wildman–Crippen LogP) is 1.84. The lowest BCUT2D eigenvalue weighted by atomic mass is 10.4. The van der Waals surface area contributed by atoms with Gasteiger partial charge in [-0.05, 0) is 18.6 Å². The molecule has 0 aliphatic carbocycles. The molecule has 64 valence electrons. The lowest BCUT2D eigenvalue weighted by molar-refractivity contribution is 0.146. The van der Waals surface area contributed by atoms with E-state index in [1.807, 2.05) is 25.1 Å². The standard InChI is InChI=1S/C9H12N2O/c1-2-7-12-11-8-9-5-3-4-6-10-9/h3-6,8H,2,7H2,1H3/b11-8+. The Morgan fingerprint density at radius 3 is 3.17 bits per heavy atom. The van der Waals surface area contributed by atoms with E-state index in [1.54, 1.807) is 12.4 Å². The van der Waals surface area contributed by atoms with Crippen LogP contribution < -0.4 is 0 Å². The van der Waals surface area contributed by atoms with Crippen molar-refractivity contribution in [2.45, 2.75) is 13.3 Å². The lowest BCUT2D eigenvalue weighted by Crippen LogP contribution is -1.88. The maximum absolute atomic E-state index is 4.92. The van der Waals surface area contributed by atoms with Crippen molar-refractivity contribution < 1.29 is 4.84 Å². The molecule has 0 aromatic carbocycles. The second-order valence-electron chi connectivity index (χ2n) is 2.32. The van der Waals surface area contributed by atoms with Crippen LogP contribution in [0.4, 0.5) is 0 Å². The molecule has 0 spiro atoms. The van der Waals surface area contributed by atoms with Crippen molar-refractivity contribution in [1.82, 2.24) is 4.98 Å². The van der Waals surface area contributed by atoms with Gasteiger partial charge in [-0.25, -0.2) is 0 Å². The molecule has 0 N–H and O–H groups in total. The number of hydrogen-bond donors (Lipinski definition) is 0. The zero-order valence-electron chi connectivity index (χ0n) is 7.10. The normalized spacial score (nSPS) is 10.4. The molecule has 0 saturated carbocycles. The van der Waals surface area contributed by atoms with Crippen LogP contribution >= 0.6 is 0 Å². The van der Waals surface area contributed by atoms with Gasteiger partial charge in [-0.3, -0.25) is 4.98 Å². The SMILES string of the molecule is CCCO/N=C/c1ccccn1. The van der Waals surface area contributed by atoms with Gasteiger partial charge in [0.1, 0.15) is 6.61 Å². The highest BCUT2D eigenvalue weighted by Crippen LogP contribution is 1.89. The third-order valence-electron chi connectivity index (χ3n) is 1.24. The fraction of sp³-hybridized carbons (Fsp3) is 0.333. The van der Waals surface area contributed by atoms with Crippen LogP contribution in [0, 0.1) is 0 Å². The average molecular weight is 164 g/mol. The van der Waals surface area contributed by atoms with Crippen molar-refractivity contribution in [1.29, 1.82) is 0 Å². The van der Waals surface area contributed by atoms with Gasteiger partial charge in [0.25, 0.3) is 0 Å². The first-order chi connectivity index (χ1) is 5.93. The zero-order valence-corrected chi connectivity index (χ0v) is 7.10. The van der Waals surface area contributed by atoms with E-state index in [9.17, 15) is 0 Å². The van der Waals surface area contributed by atoms with Crippen LogP contribution in [0.25, 0.3) is 0 Å². The Morgan fingerprint density at radius 2 is 2.50 bits per heavy atom. The molecule has 3 nitrogen and oxygen atoms in total. The van der Waals surface area contributed by atoms with E-state index >= 15 is 0 Å². The van der Waals surface area contributed by atoms with Crippen molar-refractivity contribution >= 4 is 6.21 Å². The van der Waals surface area contributed by atoms with E-state index in [-0.39, 0.29) is 0 Å². The van der Waals surface area contributed by atoms with E-state index in [4.69, 9.17) is 4.84 Å². The topological polar surface area (TPSA) is 34.5 Å². The minimum atomic E-state index is 0.656. The smallest absolute Gasteiger partial charge is 0.116 e. The Bertz CT molecular complexity index is 234. The minimum Gasteiger partial charge on any atom is -0.396 e. The third kappa shape index (κ3) is 3.14. The Morgan fingerprint density at radius 1 is 1.58 bits per heavy atom. The summed E-state index contributed by atoms with van der Waals surface area (Å²) in [4.78, 5) is 8.96. The lowest BCUT2D eigenvalue weighted by Gasteiger charge is -1.93. The number of oxime groups is 1. The molecule has 0 aliphatic heterocycles. The van der Waals surface area contributed by atoms with E-state index < -0.39 is 0 Å². The molecule has 0 radical (unpaired) electrons. The van der Waals surface area contributed by atoms with Crippen LogP contribution in [-0.4, -0.2) is 17.8 Å². The van der Waals surface area contributed by atoms with Gasteiger partial charge in [0.05, 0.1) is 11.9 Å². The first-order valence-corrected chi connectivity index (χ1v) is 4.00.